The predicted octanol–water partition coefficient (Wildman–Crippen LogP) is 3.49. The second-order valence-electron chi connectivity index (χ2n) is 7.03. The molecule has 0 aromatic heterocycles. The van der Waals surface area contributed by atoms with Gasteiger partial charge < -0.3 is 10.2 Å². The molecule has 1 N–H and O–H groups in total. The van der Waals surface area contributed by atoms with Gasteiger partial charge in [-0.2, -0.15) is 0 Å². The van der Waals surface area contributed by atoms with Crippen LogP contribution in [-0.2, 0) is 11.2 Å². The number of nitrogens with one attached hydrogen (secondary N) is 1. The molecular weight excluding hydrogens is 284 g/mol. The number of piperidine rings is 1. The summed E-state index contributed by atoms with van der Waals surface area (Å²) in [6, 6.07) is 10.8. The van der Waals surface area contributed by atoms with Crippen molar-refractivity contribution in [3.05, 3.63) is 35.9 Å². The molecule has 1 amide bonds. The van der Waals surface area contributed by atoms with E-state index in [2.05, 4.69) is 43.4 Å². The van der Waals surface area contributed by atoms with Gasteiger partial charge in [0.25, 0.3) is 0 Å². The molecule has 1 aromatic carbocycles. The molecule has 0 spiro atoms. The van der Waals surface area contributed by atoms with Crippen molar-refractivity contribution in [2.45, 2.75) is 52.0 Å². The van der Waals surface area contributed by atoms with Gasteiger partial charge in [-0.3, -0.25) is 4.79 Å². The largest absolute Gasteiger partial charge is 0.342 e. The van der Waals surface area contributed by atoms with Gasteiger partial charge >= 0.3 is 0 Å². The van der Waals surface area contributed by atoms with Gasteiger partial charge in [0, 0.05) is 19.5 Å². The summed E-state index contributed by atoms with van der Waals surface area (Å²) >= 11 is 0. The highest BCUT2D eigenvalue weighted by Crippen LogP contribution is 2.25. The molecule has 3 nitrogen and oxygen atoms in total. The van der Waals surface area contributed by atoms with Crippen LogP contribution in [0.4, 0.5) is 0 Å². The Morgan fingerprint density at radius 1 is 1.26 bits per heavy atom. The third-order valence-corrected chi connectivity index (χ3v) is 5.41. The molecule has 1 aromatic rings. The van der Waals surface area contributed by atoms with Gasteiger partial charge in [0.2, 0.25) is 5.91 Å². The molecule has 2 rings (SSSR count). The lowest BCUT2D eigenvalue weighted by atomic mass is 9.84. The van der Waals surface area contributed by atoms with E-state index >= 15 is 0 Å². The van der Waals surface area contributed by atoms with E-state index in [9.17, 15) is 4.79 Å². The van der Waals surface area contributed by atoms with Crippen LogP contribution in [0.5, 0.6) is 0 Å². The molecule has 1 aliphatic heterocycles. The number of nitrogens with zero attached hydrogens (tertiary/aromatic N) is 1. The van der Waals surface area contributed by atoms with Gasteiger partial charge in [0.1, 0.15) is 0 Å². The Morgan fingerprint density at radius 3 is 2.52 bits per heavy atom. The second kappa shape index (κ2) is 9.07. The van der Waals surface area contributed by atoms with Crippen LogP contribution in [0.25, 0.3) is 0 Å². The minimum absolute atomic E-state index is 0.296. The van der Waals surface area contributed by atoms with Crippen LogP contribution in [0.3, 0.4) is 0 Å². The minimum atomic E-state index is 0.296. The van der Waals surface area contributed by atoms with Gasteiger partial charge in [-0.1, -0.05) is 44.2 Å². The van der Waals surface area contributed by atoms with Gasteiger partial charge in [-0.15, -0.1) is 0 Å². The van der Waals surface area contributed by atoms with Crippen LogP contribution in [0.2, 0.25) is 0 Å². The first kappa shape index (κ1) is 18.0. The maximum atomic E-state index is 12.7. The Kier molecular flexibility index (Phi) is 7.10. The van der Waals surface area contributed by atoms with Crippen molar-refractivity contribution in [2.75, 3.05) is 20.1 Å². The standard InChI is InChI=1S/C20H32N2O/c1-4-19(15-17-8-6-5-7-9-17)22(3)20(23)14-16(2)18-10-12-21-13-11-18/h5-9,16,18-19,21H,4,10-15H2,1-3H3. The molecule has 23 heavy (non-hydrogen) atoms. The van der Waals surface area contributed by atoms with Gasteiger partial charge in [-0.25, -0.2) is 0 Å². The number of carbonyl (C=O) groups is 1. The number of benzene rings is 1. The van der Waals surface area contributed by atoms with Crippen LogP contribution in [0.15, 0.2) is 30.3 Å². The maximum absolute atomic E-state index is 12.7. The van der Waals surface area contributed by atoms with E-state index in [1.165, 1.54) is 18.4 Å². The third-order valence-electron chi connectivity index (χ3n) is 5.41. The van der Waals surface area contributed by atoms with E-state index in [1.54, 1.807) is 0 Å². The fourth-order valence-corrected chi connectivity index (χ4v) is 3.64. The molecule has 3 heteroatoms. The number of rotatable bonds is 7. The lowest BCUT2D eigenvalue weighted by Gasteiger charge is -2.32. The quantitative estimate of drug-likeness (QED) is 0.835. The highest BCUT2D eigenvalue weighted by atomic mass is 16.2. The van der Waals surface area contributed by atoms with Crippen molar-refractivity contribution in [3.63, 3.8) is 0 Å². The molecule has 1 heterocycles. The summed E-state index contributed by atoms with van der Waals surface area (Å²) in [7, 11) is 1.98. The molecule has 1 aliphatic rings. The number of amides is 1. The van der Waals surface area contributed by atoms with Crippen LogP contribution in [0, 0.1) is 11.8 Å². The third kappa shape index (κ3) is 5.35. The molecular formula is C20H32N2O. The summed E-state index contributed by atoms with van der Waals surface area (Å²) in [5, 5.41) is 3.40. The zero-order valence-corrected chi connectivity index (χ0v) is 14.9. The van der Waals surface area contributed by atoms with E-state index in [1.807, 2.05) is 18.0 Å². The maximum Gasteiger partial charge on any atom is 0.222 e. The van der Waals surface area contributed by atoms with Gasteiger partial charge in [0.15, 0.2) is 0 Å². The monoisotopic (exact) mass is 316 g/mol. The average Bonchev–Trinajstić information content (AvgIpc) is 2.60. The Morgan fingerprint density at radius 2 is 1.91 bits per heavy atom. The normalized spacial score (nSPS) is 18.4. The first-order chi connectivity index (χ1) is 11.1. The van der Waals surface area contributed by atoms with Crippen molar-refractivity contribution in [3.8, 4) is 0 Å². The Balaban J connectivity index is 1.88. The smallest absolute Gasteiger partial charge is 0.222 e. The number of carbonyl (C=O) groups excluding carboxylic acids is 1. The summed E-state index contributed by atoms with van der Waals surface area (Å²) in [6.45, 7) is 6.63. The first-order valence-corrected chi connectivity index (χ1v) is 9.12. The molecule has 1 saturated heterocycles. The average molecular weight is 316 g/mol. The summed E-state index contributed by atoms with van der Waals surface area (Å²) < 4.78 is 0. The lowest BCUT2D eigenvalue weighted by Crippen LogP contribution is -2.40. The SMILES string of the molecule is CCC(Cc1ccccc1)N(C)C(=O)CC(C)C1CCNCC1. The van der Waals surface area contributed by atoms with E-state index in [0.29, 0.717) is 30.2 Å². The Bertz CT molecular complexity index is 468. The van der Waals surface area contributed by atoms with Crippen LogP contribution < -0.4 is 5.32 Å². The molecule has 2 atom stereocenters. The van der Waals surface area contributed by atoms with E-state index in [0.717, 1.165) is 25.9 Å². The first-order valence-electron chi connectivity index (χ1n) is 9.12. The second-order valence-corrected chi connectivity index (χ2v) is 7.03. The van der Waals surface area contributed by atoms with Gasteiger partial charge in [-0.05, 0) is 56.2 Å². The molecule has 2 unspecified atom stereocenters. The van der Waals surface area contributed by atoms with Crippen molar-refractivity contribution >= 4 is 5.91 Å². The summed E-state index contributed by atoms with van der Waals surface area (Å²) in [4.78, 5) is 14.7. The molecule has 1 fully saturated rings. The highest BCUT2D eigenvalue weighted by molar-refractivity contribution is 5.76. The summed E-state index contributed by atoms with van der Waals surface area (Å²) in [6.07, 6.45) is 5.05. The number of likely N-dealkylation sites (N-methyl/N-ethyl adjacent to an activating group) is 1. The zero-order valence-electron chi connectivity index (χ0n) is 14.9. The van der Waals surface area contributed by atoms with Crippen molar-refractivity contribution in [1.82, 2.24) is 10.2 Å². The molecule has 0 radical (unpaired) electrons. The fraction of sp³-hybridized carbons (Fsp3) is 0.650. The van der Waals surface area contributed by atoms with Crippen LogP contribution in [-0.4, -0.2) is 37.0 Å². The van der Waals surface area contributed by atoms with Crippen molar-refractivity contribution in [2.24, 2.45) is 11.8 Å². The molecule has 0 aliphatic carbocycles. The fourth-order valence-electron chi connectivity index (χ4n) is 3.64. The Labute approximate surface area is 141 Å². The summed E-state index contributed by atoms with van der Waals surface area (Å²) in [5.74, 6) is 1.49. The zero-order chi connectivity index (χ0) is 16.7. The molecule has 0 bridgehead atoms. The molecule has 128 valence electrons. The van der Waals surface area contributed by atoms with Crippen LogP contribution in [0.1, 0.15) is 45.1 Å². The summed E-state index contributed by atoms with van der Waals surface area (Å²) in [5.41, 5.74) is 1.31. The van der Waals surface area contributed by atoms with Gasteiger partial charge in [0.05, 0.1) is 0 Å². The van der Waals surface area contributed by atoms with Crippen LogP contribution >= 0.6 is 0 Å². The van der Waals surface area contributed by atoms with Crippen molar-refractivity contribution in [1.29, 1.82) is 0 Å². The van der Waals surface area contributed by atoms with Crippen molar-refractivity contribution < 1.29 is 4.79 Å². The molecule has 0 saturated carbocycles. The Hall–Kier alpha value is -1.35. The number of hydrogen-bond donors (Lipinski definition) is 1. The predicted molar refractivity (Wildman–Crippen MR) is 96.4 cm³/mol. The highest BCUT2D eigenvalue weighted by Gasteiger charge is 2.25. The topological polar surface area (TPSA) is 32.3 Å². The lowest BCUT2D eigenvalue weighted by molar-refractivity contribution is -0.133. The van der Waals surface area contributed by atoms with E-state index in [4.69, 9.17) is 0 Å². The number of hydrogen-bond acceptors (Lipinski definition) is 2. The van der Waals surface area contributed by atoms with E-state index < -0.39 is 0 Å². The minimum Gasteiger partial charge on any atom is -0.342 e. The van der Waals surface area contributed by atoms with E-state index in [-0.39, 0.29) is 0 Å².